The predicted octanol–water partition coefficient (Wildman–Crippen LogP) is 2.55. The van der Waals surface area contributed by atoms with Crippen LogP contribution in [0.3, 0.4) is 0 Å². The Morgan fingerprint density at radius 3 is 2.80 bits per heavy atom. The molecule has 0 spiro atoms. The lowest BCUT2D eigenvalue weighted by atomic mass is 10.1. The Kier molecular flexibility index (Phi) is 5.69. The molecule has 128 valence electrons. The summed E-state index contributed by atoms with van der Waals surface area (Å²) in [6.07, 6.45) is 3.37. The molecule has 0 aliphatic carbocycles. The Bertz CT molecular complexity index is 793. The SMILES string of the molecule is O=C(Nc1ccccc1C(=O)NCc1cccnc1)C1=CSCCO1. The van der Waals surface area contributed by atoms with Gasteiger partial charge in [0.15, 0.2) is 5.76 Å². The van der Waals surface area contributed by atoms with Gasteiger partial charge >= 0.3 is 0 Å². The molecule has 7 heteroatoms. The van der Waals surface area contributed by atoms with Crippen molar-refractivity contribution in [3.63, 3.8) is 0 Å². The number of amides is 2. The first-order valence-corrected chi connectivity index (χ1v) is 8.81. The predicted molar refractivity (Wildman–Crippen MR) is 97.0 cm³/mol. The molecule has 0 unspecified atom stereocenters. The van der Waals surface area contributed by atoms with Crippen LogP contribution in [0.25, 0.3) is 0 Å². The van der Waals surface area contributed by atoms with E-state index in [1.54, 1.807) is 42.1 Å². The number of carbonyl (C=O) groups excluding carboxylic acids is 2. The molecule has 3 rings (SSSR count). The van der Waals surface area contributed by atoms with Gasteiger partial charge in [-0.3, -0.25) is 14.6 Å². The van der Waals surface area contributed by atoms with Crippen LogP contribution in [-0.4, -0.2) is 29.2 Å². The minimum absolute atomic E-state index is 0.266. The number of pyridine rings is 1. The van der Waals surface area contributed by atoms with E-state index in [0.717, 1.165) is 11.3 Å². The van der Waals surface area contributed by atoms with E-state index in [0.29, 0.717) is 24.4 Å². The van der Waals surface area contributed by atoms with E-state index in [-0.39, 0.29) is 17.6 Å². The molecule has 1 aliphatic heterocycles. The van der Waals surface area contributed by atoms with Gasteiger partial charge < -0.3 is 15.4 Å². The molecule has 0 bridgehead atoms. The zero-order valence-corrected chi connectivity index (χ0v) is 14.2. The number of ether oxygens (including phenoxy) is 1. The summed E-state index contributed by atoms with van der Waals surface area (Å²) in [5.74, 6) is 0.457. The Hall–Kier alpha value is -2.80. The van der Waals surface area contributed by atoms with Crippen LogP contribution in [0, 0.1) is 0 Å². The zero-order chi connectivity index (χ0) is 17.5. The summed E-state index contributed by atoms with van der Waals surface area (Å²) in [6, 6.07) is 10.6. The van der Waals surface area contributed by atoms with Gasteiger partial charge in [0.1, 0.15) is 0 Å². The van der Waals surface area contributed by atoms with E-state index < -0.39 is 0 Å². The van der Waals surface area contributed by atoms with Gasteiger partial charge in [-0.15, -0.1) is 11.8 Å². The minimum atomic E-state index is -0.361. The van der Waals surface area contributed by atoms with Crippen LogP contribution in [-0.2, 0) is 16.1 Å². The summed E-state index contributed by atoms with van der Waals surface area (Å²) in [6.45, 7) is 0.858. The highest BCUT2D eigenvalue weighted by molar-refractivity contribution is 8.02. The molecule has 2 N–H and O–H groups in total. The number of hydrogen-bond donors (Lipinski definition) is 2. The van der Waals surface area contributed by atoms with E-state index in [1.165, 1.54) is 11.8 Å². The maximum absolute atomic E-state index is 12.5. The fourth-order valence-electron chi connectivity index (χ4n) is 2.24. The quantitative estimate of drug-likeness (QED) is 0.862. The average molecular weight is 355 g/mol. The molecule has 0 saturated heterocycles. The van der Waals surface area contributed by atoms with Gasteiger partial charge in [-0.05, 0) is 23.8 Å². The van der Waals surface area contributed by atoms with Crippen LogP contribution in [0.15, 0.2) is 60.0 Å². The van der Waals surface area contributed by atoms with Gasteiger partial charge in [0, 0.05) is 30.1 Å². The summed E-state index contributed by atoms with van der Waals surface area (Å²) < 4.78 is 5.34. The molecule has 0 saturated carbocycles. The standard InChI is InChI=1S/C18H17N3O3S/c22-17(20-11-13-4-3-7-19-10-13)14-5-1-2-6-15(14)21-18(23)16-12-25-9-8-24-16/h1-7,10,12H,8-9,11H2,(H,20,22)(H,21,23). The summed E-state index contributed by atoms with van der Waals surface area (Å²) in [5.41, 5.74) is 1.73. The van der Waals surface area contributed by atoms with Crippen molar-refractivity contribution in [3.05, 3.63) is 71.1 Å². The second-order valence-corrected chi connectivity index (χ2v) is 6.22. The molecule has 2 amide bonds. The summed E-state index contributed by atoms with van der Waals surface area (Å²) >= 11 is 1.53. The number of thioether (sulfide) groups is 1. The maximum Gasteiger partial charge on any atom is 0.291 e. The lowest BCUT2D eigenvalue weighted by Gasteiger charge is -2.15. The average Bonchev–Trinajstić information content (AvgIpc) is 2.68. The summed E-state index contributed by atoms with van der Waals surface area (Å²) in [4.78, 5) is 28.7. The number of anilines is 1. The van der Waals surface area contributed by atoms with Crippen molar-refractivity contribution in [3.8, 4) is 0 Å². The zero-order valence-electron chi connectivity index (χ0n) is 13.4. The van der Waals surface area contributed by atoms with Crippen LogP contribution in [0.1, 0.15) is 15.9 Å². The number of nitrogens with one attached hydrogen (secondary N) is 2. The normalized spacial score (nSPS) is 13.4. The van der Waals surface area contributed by atoms with Crippen molar-refractivity contribution in [1.82, 2.24) is 10.3 Å². The summed E-state index contributed by atoms with van der Waals surface area (Å²) in [7, 11) is 0. The highest BCUT2D eigenvalue weighted by Gasteiger charge is 2.18. The number of rotatable bonds is 5. The molecule has 1 aliphatic rings. The minimum Gasteiger partial charge on any atom is -0.487 e. The van der Waals surface area contributed by atoms with Crippen molar-refractivity contribution < 1.29 is 14.3 Å². The smallest absolute Gasteiger partial charge is 0.291 e. The maximum atomic E-state index is 12.5. The first-order valence-electron chi connectivity index (χ1n) is 7.76. The molecule has 6 nitrogen and oxygen atoms in total. The van der Waals surface area contributed by atoms with Crippen molar-refractivity contribution in [2.45, 2.75) is 6.54 Å². The van der Waals surface area contributed by atoms with Crippen LogP contribution in [0.2, 0.25) is 0 Å². The van der Waals surface area contributed by atoms with Crippen molar-refractivity contribution in [2.75, 3.05) is 17.7 Å². The molecule has 0 fully saturated rings. The molecular formula is C18H17N3O3S. The van der Waals surface area contributed by atoms with Crippen LogP contribution < -0.4 is 10.6 Å². The first-order chi connectivity index (χ1) is 12.2. The van der Waals surface area contributed by atoms with Crippen molar-refractivity contribution >= 4 is 29.3 Å². The number of nitrogens with zero attached hydrogens (tertiary/aromatic N) is 1. The molecule has 2 aromatic rings. The van der Waals surface area contributed by atoms with E-state index in [2.05, 4.69) is 15.6 Å². The highest BCUT2D eigenvalue weighted by atomic mass is 32.2. The van der Waals surface area contributed by atoms with E-state index in [1.807, 2.05) is 12.1 Å². The fraction of sp³-hybridized carbons (Fsp3) is 0.167. The van der Waals surface area contributed by atoms with Crippen LogP contribution in [0.4, 0.5) is 5.69 Å². The van der Waals surface area contributed by atoms with E-state index >= 15 is 0 Å². The second-order valence-electron chi connectivity index (χ2n) is 5.25. The Balaban J connectivity index is 1.68. The van der Waals surface area contributed by atoms with Gasteiger partial charge in [-0.2, -0.15) is 0 Å². The topological polar surface area (TPSA) is 80.3 Å². The van der Waals surface area contributed by atoms with Gasteiger partial charge in [0.25, 0.3) is 11.8 Å². The Morgan fingerprint density at radius 2 is 2.04 bits per heavy atom. The van der Waals surface area contributed by atoms with Crippen LogP contribution in [0.5, 0.6) is 0 Å². The number of para-hydroxylation sites is 1. The van der Waals surface area contributed by atoms with Gasteiger partial charge in [-0.25, -0.2) is 0 Å². The molecule has 2 heterocycles. The molecule has 1 aromatic carbocycles. The third-order valence-electron chi connectivity index (χ3n) is 3.47. The monoisotopic (exact) mass is 355 g/mol. The molecule has 0 radical (unpaired) electrons. The molecule has 0 atom stereocenters. The largest absolute Gasteiger partial charge is 0.487 e. The van der Waals surface area contributed by atoms with Gasteiger partial charge in [0.05, 0.1) is 17.9 Å². The number of carbonyl (C=O) groups is 2. The highest BCUT2D eigenvalue weighted by Crippen LogP contribution is 2.19. The summed E-state index contributed by atoms with van der Waals surface area (Å²) in [5, 5.41) is 7.25. The first kappa shape index (κ1) is 17.0. The molecular weight excluding hydrogens is 338 g/mol. The number of aromatic nitrogens is 1. The number of hydrogen-bond acceptors (Lipinski definition) is 5. The Labute approximate surface area is 149 Å². The van der Waals surface area contributed by atoms with Gasteiger partial charge in [0.2, 0.25) is 0 Å². The second kappa shape index (κ2) is 8.34. The van der Waals surface area contributed by atoms with Crippen LogP contribution >= 0.6 is 11.8 Å². The number of benzene rings is 1. The molecule has 25 heavy (non-hydrogen) atoms. The van der Waals surface area contributed by atoms with Crippen molar-refractivity contribution in [2.24, 2.45) is 0 Å². The van der Waals surface area contributed by atoms with Crippen molar-refractivity contribution in [1.29, 1.82) is 0 Å². The van der Waals surface area contributed by atoms with Gasteiger partial charge in [-0.1, -0.05) is 18.2 Å². The van der Waals surface area contributed by atoms with E-state index in [4.69, 9.17) is 4.74 Å². The lowest BCUT2D eigenvalue weighted by molar-refractivity contribution is -0.116. The third-order valence-corrected chi connectivity index (χ3v) is 4.25. The molecule has 1 aromatic heterocycles. The lowest BCUT2D eigenvalue weighted by Crippen LogP contribution is -2.25. The third kappa shape index (κ3) is 4.60. The Morgan fingerprint density at radius 1 is 1.16 bits per heavy atom. The fourth-order valence-corrected chi connectivity index (χ4v) is 2.87. The van der Waals surface area contributed by atoms with E-state index in [9.17, 15) is 9.59 Å².